The Morgan fingerprint density at radius 2 is 2.24 bits per heavy atom. The zero-order valence-electron chi connectivity index (χ0n) is 19.3. The van der Waals surface area contributed by atoms with Gasteiger partial charge in [0.05, 0.1) is 5.02 Å². The van der Waals surface area contributed by atoms with Crippen molar-refractivity contribution in [3.05, 3.63) is 58.1 Å². The number of carboxylic acids is 1. The third-order valence-electron chi connectivity index (χ3n) is 5.78. The van der Waals surface area contributed by atoms with E-state index in [9.17, 15) is 19.5 Å². The molecule has 37 heavy (non-hydrogen) atoms. The van der Waals surface area contributed by atoms with Crippen LogP contribution in [0.2, 0.25) is 5.02 Å². The minimum Gasteiger partial charge on any atom is -0.477 e. The number of rotatable bonds is 8. The number of thioether (sulfide) groups is 1. The second-order valence-electron chi connectivity index (χ2n) is 8.09. The van der Waals surface area contributed by atoms with Gasteiger partial charge in [0.15, 0.2) is 10.8 Å². The Morgan fingerprint density at radius 1 is 1.43 bits per heavy atom. The number of nitrogen functional groups attached to an aromatic ring is 1. The third kappa shape index (κ3) is 4.63. The summed E-state index contributed by atoms with van der Waals surface area (Å²) < 4.78 is 3.72. The molecular formula is C22H21ClN7O5S2+. The molecule has 0 aliphatic carbocycles. The molecule has 0 saturated carbocycles. The van der Waals surface area contributed by atoms with Gasteiger partial charge in [-0.05, 0) is 13.0 Å². The molecule has 2 aliphatic heterocycles. The number of hydrogen-bond acceptors (Lipinski definition) is 9. The first-order valence-electron chi connectivity index (χ1n) is 11.1. The maximum Gasteiger partial charge on any atom is 0.352 e. The number of halogens is 1. The molecule has 0 unspecified atom stereocenters. The van der Waals surface area contributed by atoms with Crippen molar-refractivity contribution in [2.45, 2.75) is 24.9 Å². The molecule has 0 bridgehead atoms. The number of nitrogens with two attached hydrogens (primary N) is 1. The van der Waals surface area contributed by atoms with Crippen molar-refractivity contribution < 1.29 is 28.9 Å². The van der Waals surface area contributed by atoms with Crippen LogP contribution in [0.3, 0.4) is 0 Å². The summed E-state index contributed by atoms with van der Waals surface area (Å²) in [6.07, 6.45) is 5.39. The Bertz CT molecular complexity index is 1480. The summed E-state index contributed by atoms with van der Waals surface area (Å²) in [4.78, 5) is 48.7. The van der Waals surface area contributed by atoms with E-state index in [0.29, 0.717) is 16.3 Å². The summed E-state index contributed by atoms with van der Waals surface area (Å²) >= 11 is 8.57. The topological polar surface area (TPSA) is 156 Å². The summed E-state index contributed by atoms with van der Waals surface area (Å²) in [5, 5.41) is 18.3. The van der Waals surface area contributed by atoms with Crippen molar-refractivity contribution >= 4 is 69.0 Å². The minimum atomic E-state index is -1.21. The fraction of sp³-hybridized carbons (Fsp3) is 0.273. The van der Waals surface area contributed by atoms with Crippen LogP contribution in [0, 0.1) is 0 Å². The normalized spacial score (nSPS) is 19.6. The molecule has 192 valence electrons. The van der Waals surface area contributed by atoms with Crippen molar-refractivity contribution in [1.82, 2.24) is 19.6 Å². The molecule has 0 aromatic carbocycles. The van der Waals surface area contributed by atoms with E-state index in [4.69, 9.17) is 22.2 Å². The second kappa shape index (κ2) is 10.0. The Kier molecular flexibility index (Phi) is 6.79. The first-order chi connectivity index (χ1) is 17.8. The quantitative estimate of drug-likeness (QED) is 0.159. The van der Waals surface area contributed by atoms with Gasteiger partial charge in [0.1, 0.15) is 54.5 Å². The SMILES string of the molecule is CCO/N=C(\C(=O)N[C@@H]1C(=O)N2C(C(=O)O)=C(C[n+]3ccn4cc(Cl)ccc43)CS[C@@H]12)c1csc(N)n1. The maximum absolute atomic E-state index is 13.1. The van der Waals surface area contributed by atoms with Crippen molar-refractivity contribution in [2.24, 2.45) is 5.16 Å². The number of nitrogens with one attached hydrogen (secondary N) is 1. The lowest BCUT2D eigenvalue weighted by Crippen LogP contribution is -2.71. The molecule has 1 fully saturated rings. The highest BCUT2D eigenvalue weighted by Crippen LogP contribution is 2.40. The van der Waals surface area contributed by atoms with Crippen LogP contribution in [0.15, 0.2) is 52.5 Å². The number of anilines is 1. The fourth-order valence-corrected chi connectivity index (χ4v) is 6.21. The van der Waals surface area contributed by atoms with Crippen LogP contribution in [0.1, 0.15) is 12.6 Å². The van der Waals surface area contributed by atoms with Gasteiger partial charge >= 0.3 is 5.97 Å². The molecular weight excluding hydrogens is 542 g/mol. The van der Waals surface area contributed by atoms with E-state index < -0.39 is 29.2 Å². The summed E-state index contributed by atoms with van der Waals surface area (Å²) in [5.41, 5.74) is 7.11. The van der Waals surface area contributed by atoms with E-state index in [2.05, 4.69) is 15.5 Å². The Morgan fingerprint density at radius 3 is 2.95 bits per heavy atom. The second-order valence-corrected chi connectivity index (χ2v) is 10.5. The Labute approximate surface area is 223 Å². The number of nitrogens with zero attached hydrogens (tertiary/aromatic N) is 5. The summed E-state index contributed by atoms with van der Waals surface area (Å²) in [5.74, 6) is -2.03. The van der Waals surface area contributed by atoms with Gasteiger partial charge in [-0.3, -0.25) is 14.5 Å². The Hall–Kier alpha value is -3.62. The number of amides is 2. The standard InChI is InChI=1S/C22H20ClN7O5S2/c1-2-35-27-15(13-10-37-22(24)25-13)18(31)26-16-19(32)30-17(21(33)34)11(9-36-20(16)30)7-28-5-6-29-8-12(23)3-4-14(28)29/h3-6,8,10,16,20H,2,7,9H2,1H3,(H3-,24,25,26,31,33,34)/p+1/b27-15-/t16-,20+/m1/s1. The van der Waals surface area contributed by atoms with E-state index in [0.717, 1.165) is 17.0 Å². The van der Waals surface area contributed by atoms with Crippen LogP contribution in [-0.4, -0.2) is 66.7 Å². The van der Waals surface area contributed by atoms with Gasteiger partial charge in [0.2, 0.25) is 0 Å². The van der Waals surface area contributed by atoms with Crippen molar-refractivity contribution in [3.63, 3.8) is 0 Å². The number of carbonyl (C=O) groups excluding carboxylic acids is 2. The molecule has 3 aromatic heterocycles. The summed E-state index contributed by atoms with van der Waals surface area (Å²) in [6.45, 7) is 2.21. The number of carboxylic acid groups (broad SMARTS) is 1. The molecule has 2 aliphatic rings. The molecule has 2 atom stereocenters. The number of pyridine rings is 1. The summed E-state index contributed by atoms with van der Waals surface area (Å²) in [7, 11) is 0. The molecule has 0 spiro atoms. The predicted molar refractivity (Wildman–Crippen MR) is 137 cm³/mol. The van der Waals surface area contributed by atoms with Crippen LogP contribution in [-0.2, 0) is 25.8 Å². The first-order valence-corrected chi connectivity index (χ1v) is 13.4. The number of fused-ring (bicyclic) bond motifs is 2. The van der Waals surface area contributed by atoms with Gasteiger partial charge in [0.25, 0.3) is 17.5 Å². The van der Waals surface area contributed by atoms with Crippen molar-refractivity contribution in [2.75, 3.05) is 18.1 Å². The minimum absolute atomic E-state index is 0.0736. The molecule has 0 radical (unpaired) electrons. The van der Waals surface area contributed by atoms with Gasteiger partial charge in [-0.1, -0.05) is 16.8 Å². The largest absolute Gasteiger partial charge is 0.477 e. The van der Waals surface area contributed by atoms with Crippen molar-refractivity contribution in [3.8, 4) is 0 Å². The van der Waals surface area contributed by atoms with E-state index in [1.54, 1.807) is 24.6 Å². The number of hydrogen-bond donors (Lipinski definition) is 3. The van der Waals surface area contributed by atoms with Gasteiger partial charge in [-0.25, -0.2) is 18.7 Å². The van der Waals surface area contributed by atoms with Gasteiger partial charge in [-0.2, -0.15) is 0 Å². The number of thiazole rings is 1. The molecule has 12 nitrogen and oxygen atoms in total. The number of aromatic nitrogens is 3. The van der Waals surface area contributed by atoms with Crippen LogP contribution >= 0.6 is 34.7 Å². The van der Waals surface area contributed by atoms with Crippen LogP contribution in [0.4, 0.5) is 5.13 Å². The lowest BCUT2D eigenvalue weighted by molar-refractivity contribution is -0.662. The number of carbonyl (C=O) groups is 3. The molecule has 5 heterocycles. The summed E-state index contributed by atoms with van der Waals surface area (Å²) in [6, 6.07) is 2.65. The van der Waals surface area contributed by atoms with E-state index >= 15 is 0 Å². The molecule has 4 N–H and O–H groups in total. The highest BCUT2D eigenvalue weighted by atomic mass is 35.5. The zero-order valence-corrected chi connectivity index (χ0v) is 21.7. The van der Waals surface area contributed by atoms with Gasteiger partial charge in [0, 0.05) is 22.8 Å². The van der Waals surface area contributed by atoms with Crippen LogP contribution in [0.5, 0.6) is 0 Å². The molecule has 2 amide bonds. The van der Waals surface area contributed by atoms with Gasteiger partial charge < -0.3 is 21.0 Å². The van der Waals surface area contributed by atoms with Crippen LogP contribution < -0.4 is 15.6 Å². The van der Waals surface area contributed by atoms with E-state index in [1.165, 1.54) is 16.7 Å². The highest BCUT2D eigenvalue weighted by molar-refractivity contribution is 8.00. The fourth-order valence-electron chi connectivity index (χ4n) is 4.16. The zero-order chi connectivity index (χ0) is 26.3. The lowest BCUT2D eigenvalue weighted by atomic mass is 10.0. The average Bonchev–Trinajstić information content (AvgIpc) is 3.47. The molecule has 5 rings (SSSR count). The predicted octanol–water partition coefficient (Wildman–Crippen LogP) is 1.10. The number of β-lactam (4-membered cyclic amide) rings is 1. The van der Waals surface area contributed by atoms with E-state index in [1.807, 2.05) is 27.4 Å². The average molecular weight is 563 g/mol. The maximum atomic E-state index is 13.1. The van der Waals surface area contributed by atoms with Crippen LogP contribution in [0.25, 0.3) is 5.65 Å². The number of aliphatic carboxylic acids is 1. The third-order valence-corrected chi connectivity index (χ3v) is 8.02. The Balaban J connectivity index is 1.37. The van der Waals surface area contributed by atoms with E-state index in [-0.39, 0.29) is 35.4 Å². The highest BCUT2D eigenvalue weighted by Gasteiger charge is 2.54. The monoisotopic (exact) mass is 562 g/mol. The van der Waals surface area contributed by atoms with Gasteiger partial charge in [-0.15, -0.1) is 23.1 Å². The number of imidazole rings is 1. The van der Waals surface area contributed by atoms with Crippen molar-refractivity contribution in [1.29, 1.82) is 0 Å². The molecule has 3 aromatic rings. The molecule has 15 heteroatoms. The number of oxime groups is 1. The molecule has 1 saturated heterocycles. The smallest absolute Gasteiger partial charge is 0.352 e. The first kappa shape index (κ1) is 25.0. The lowest BCUT2D eigenvalue weighted by Gasteiger charge is -2.49.